The normalized spacial score (nSPS) is 10.6. The first kappa shape index (κ1) is 18.9. The van der Waals surface area contributed by atoms with Gasteiger partial charge in [0, 0.05) is 8.39 Å². The van der Waals surface area contributed by atoms with Crippen LogP contribution in [0, 0.1) is 0 Å². The Labute approximate surface area is 132 Å². The van der Waals surface area contributed by atoms with Crippen LogP contribution < -0.4 is 0 Å². The lowest BCUT2D eigenvalue weighted by Crippen LogP contribution is -1.87. The van der Waals surface area contributed by atoms with E-state index in [2.05, 4.69) is 0 Å². The summed E-state index contributed by atoms with van der Waals surface area (Å²) in [4.78, 5) is 0. The first-order valence-electron chi connectivity index (χ1n) is 6.89. The molecule has 0 saturated carbocycles. The van der Waals surface area contributed by atoms with Crippen LogP contribution in [0.15, 0.2) is 0 Å². The predicted octanol–water partition coefficient (Wildman–Crippen LogP) is 6.27. The van der Waals surface area contributed by atoms with Gasteiger partial charge < -0.3 is 0 Å². The zero-order valence-corrected chi connectivity index (χ0v) is 15.0. The fourth-order valence-corrected chi connectivity index (χ4v) is 3.47. The van der Waals surface area contributed by atoms with Crippen molar-refractivity contribution in [3.63, 3.8) is 0 Å². The van der Waals surface area contributed by atoms with Gasteiger partial charge in [-0.25, -0.2) is 0 Å². The number of thiocarbonyl (C=S) groups is 2. The fraction of sp³-hybridized carbons (Fsp3) is 0.857. The molecule has 0 amide bonds. The summed E-state index contributed by atoms with van der Waals surface area (Å²) >= 11 is 13.7. The smallest absolute Gasteiger partial charge is 0.0447 e. The van der Waals surface area contributed by atoms with Crippen LogP contribution in [0.25, 0.3) is 0 Å². The molecule has 0 aliphatic heterocycles. The van der Waals surface area contributed by atoms with E-state index >= 15 is 0 Å². The standard InChI is InChI=1S/C14H26S4/c1-13(15)17-11-9-7-5-3-4-6-8-10-12-18-14(2)16/h3-12H2,1-2H3. The van der Waals surface area contributed by atoms with E-state index < -0.39 is 0 Å². The molecule has 0 heterocycles. The van der Waals surface area contributed by atoms with Gasteiger partial charge in [-0.05, 0) is 38.2 Å². The lowest BCUT2D eigenvalue weighted by Gasteiger charge is -2.02. The van der Waals surface area contributed by atoms with Gasteiger partial charge in [0.25, 0.3) is 0 Å². The molecule has 4 heteroatoms. The molecule has 0 aromatic carbocycles. The molecule has 0 nitrogen and oxygen atoms in total. The quantitative estimate of drug-likeness (QED) is 0.324. The highest BCUT2D eigenvalue weighted by Gasteiger charge is 1.95. The van der Waals surface area contributed by atoms with Crippen LogP contribution in [0.2, 0.25) is 0 Å². The van der Waals surface area contributed by atoms with Crippen LogP contribution in [-0.2, 0) is 0 Å². The largest absolute Gasteiger partial charge is 0.119 e. The second-order valence-electron chi connectivity index (χ2n) is 4.51. The van der Waals surface area contributed by atoms with Crippen molar-refractivity contribution in [2.45, 2.75) is 65.2 Å². The molecular weight excluding hydrogens is 296 g/mol. The van der Waals surface area contributed by atoms with E-state index in [4.69, 9.17) is 24.4 Å². The average Bonchev–Trinajstić information content (AvgIpc) is 2.29. The van der Waals surface area contributed by atoms with Crippen molar-refractivity contribution in [1.82, 2.24) is 0 Å². The van der Waals surface area contributed by atoms with Gasteiger partial charge >= 0.3 is 0 Å². The van der Waals surface area contributed by atoms with Crippen molar-refractivity contribution in [2.75, 3.05) is 11.5 Å². The first-order chi connectivity index (χ1) is 8.63. The van der Waals surface area contributed by atoms with Gasteiger partial charge in [0.05, 0.1) is 0 Å². The lowest BCUT2D eigenvalue weighted by molar-refractivity contribution is 0.588. The number of rotatable bonds is 11. The highest BCUT2D eigenvalue weighted by molar-refractivity contribution is 8.23. The fourth-order valence-electron chi connectivity index (χ4n) is 1.70. The summed E-state index contributed by atoms with van der Waals surface area (Å²) in [5.41, 5.74) is 0. The van der Waals surface area contributed by atoms with Crippen LogP contribution in [0.1, 0.15) is 65.2 Å². The molecule has 0 unspecified atom stereocenters. The summed E-state index contributed by atoms with van der Waals surface area (Å²) in [7, 11) is 0. The highest BCUT2D eigenvalue weighted by Crippen LogP contribution is 2.13. The van der Waals surface area contributed by atoms with Gasteiger partial charge in [-0.2, -0.15) is 0 Å². The minimum atomic E-state index is 1.08. The monoisotopic (exact) mass is 322 g/mol. The molecule has 106 valence electrons. The topological polar surface area (TPSA) is 0 Å². The molecule has 0 radical (unpaired) electrons. The molecule has 0 aromatic heterocycles. The Bertz CT molecular complexity index is 202. The Morgan fingerprint density at radius 3 is 1.17 bits per heavy atom. The molecular formula is C14H26S4. The Morgan fingerprint density at radius 2 is 0.889 bits per heavy atom. The van der Waals surface area contributed by atoms with E-state index in [1.807, 2.05) is 37.4 Å². The third-order valence-electron chi connectivity index (χ3n) is 2.65. The summed E-state index contributed by atoms with van der Waals surface area (Å²) in [5.74, 6) is 2.42. The molecule has 18 heavy (non-hydrogen) atoms. The number of hydrogen-bond donors (Lipinski definition) is 0. The molecule has 0 rings (SSSR count). The van der Waals surface area contributed by atoms with Crippen LogP contribution in [0.4, 0.5) is 0 Å². The predicted molar refractivity (Wildman–Crippen MR) is 98.4 cm³/mol. The maximum atomic E-state index is 5.03. The summed E-state index contributed by atoms with van der Waals surface area (Å²) in [6.07, 6.45) is 11.0. The van der Waals surface area contributed by atoms with Crippen LogP contribution in [0.5, 0.6) is 0 Å². The van der Waals surface area contributed by atoms with Crippen molar-refractivity contribution >= 4 is 56.4 Å². The van der Waals surface area contributed by atoms with Gasteiger partial charge in [0.15, 0.2) is 0 Å². The van der Waals surface area contributed by atoms with Crippen molar-refractivity contribution in [1.29, 1.82) is 0 Å². The number of thioether (sulfide) groups is 2. The molecule has 0 atom stereocenters. The molecule has 0 aliphatic carbocycles. The zero-order valence-electron chi connectivity index (χ0n) is 11.7. The van der Waals surface area contributed by atoms with E-state index in [-0.39, 0.29) is 0 Å². The van der Waals surface area contributed by atoms with Crippen molar-refractivity contribution in [3.8, 4) is 0 Å². The van der Waals surface area contributed by atoms with Crippen molar-refractivity contribution < 1.29 is 0 Å². The van der Waals surface area contributed by atoms with E-state index in [9.17, 15) is 0 Å². The lowest BCUT2D eigenvalue weighted by atomic mass is 10.1. The summed E-state index contributed by atoms with van der Waals surface area (Å²) < 4.78 is 2.17. The van der Waals surface area contributed by atoms with E-state index in [1.54, 1.807) is 0 Å². The first-order valence-corrected chi connectivity index (χ1v) is 9.68. The summed E-state index contributed by atoms with van der Waals surface area (Å²) in [6.45, 7) is 4.03. The maximum Gasteiger partial charge on any atom is 0.0447 e. The number of unbranched alkanes of at least 4 members (excludes halogenated alkanes) is 7. The van der Waals surface area contributed by atoms with Crippen LogP contribution in [-0.4, -0.2) is 19.9 Å². The van der Waals surface area contributed by atoms with Crippen molar-refractivity contribution in [2.24, 2.45) is 0 Å². The molecule has 0 aliphatic rings. The minimum absolute atomic E-state index is 1.08. The van der Waals surface area contributed by atoms with Crippen molar-refractivity contribution in [3.05, 3.63) is 0 Å². The highest BCUT2D eigenvalue weighted by atomic mass is 32.2. The molecule has 0 N–H and O–H groups in total. The summed E-state index contributed by atoms with van der Waals surface area (Å²) in [6, 6.07) is 0. The third-order valence-corrected chi connectivity index (χ3v) is 5.16. The second-order valence-corrected chi connectivity index (χ2v) is 8.87. The third kappa shape index (κ3) is 16.9. The Morgan fingerprint density at radius 1 is 0.611 bits per heavy atom. The van der Waals surface area contributed by atoms with Crippen LogP contribution in [0.3, 0.4) is 0 Å². The minimum Gasteiger partial charge on any atom is -0.119 e. The van der Waals surface area contributed by atoms with E-state index in [0.717, 1.165) is 8.39 Å². The molecule has 0 bridgehead atoms. The Balaban J connectivity index is 2.99. The van der Waals surface area contributed by atoms with E-state index in [1.165, 1.54) is 62.9 Å². The van der Waals surface area contributed by atoms with Crippen LogP contribution >= 0.6 is 48.0 Å². The van der Waals surface area contributed by atoms with E-state index in [0.29, 0.717) is 0 Å². The molecule has 0 aromatic rings. The number of hydrogen-bond acceptors (Lipinski definition) is 4. The SMILES string of the molecule is CC(=S)SCCCCCCCCCCSC(C)=S. The van der Waals surface area contributed by atoms with Gasteiger partial charge in [-0.3, -0.25) is 0 Å². The second kappa shape index (κ2) is 14.3. The average molecular weight is 323 g/mol. The van der Waals surface area contributed by atoms with Gasteiger partial charge in [0.1, 0.15) is 0 Å². The molecule has 0 spiro atoms. The molecule has 0 saturated heterocycles. The Hall–Kier alpha value is 0.880. The maximum absolute atomic E-state index is 5.03. The Kier molecular flexibility index (Phi) is 15.0. The zero-order chi connectivity index (χ0) is 13.6. The van der Waals surface area contributed by atoms with Gasteiger partial charge in [-0.15, -0.1) is 23.5 Å². The molecule has 0 fully saturated rings. The van der Waals surface area contributed by atoms with Gasteiger partial charge in [0.2, 0.25) is 0 Å². The van der Waals surface area contributed by atoms with Gasteiger partial charge in [-0.1, -0.05) is 63.0 Å². The summed E-state index contributed by atoms with van der Waals surface area (Å²) in [5, 5.41) is 0.